The zero-order valence-electron chi connectivity index (χ0n) is 13.5. The zero-order valence-corrected chi connectivity index (χ0v) is 18.1. The number of amides is 2. The summed E-state index contributed by atoms with van der Waals surface area (Å²) in [6.07, 6.45) is 0. The number of nitrogens with one attached hydrogen (secondary N) is 1. The minimum absolute atomic E-state index is 0.0407. The summed E-state index contributed by atoms with van der Waals surface area (Å²) in [5.41, 5.74) is 1.34. The molecule has 0 bridgehead atoms. The molecular weight excluding hydrogens is 488 g/mol. The third-order valence-electron chi connectivity index (χ3n) is 3.38. The third kappa shape index (κ3) is 4.81. The molecule has 10 heteroatoms. The molecule has 0 radical (unpaired) electrons. The van der Waals surface area contributed by atoms with Gasteiger partial charge in [-0.15, -0.1) is 0 Å². The summed E-state index contributed by atoms with van der Waals surface area (Å²) < 4.78 is 0.900. The second-order valence-electron chi connectivity index (χ2n) is 5.36. The Hall–Kier alpha value is -1.05. The number of aryl methyl sites for hydroxylation is 1. The number of nitrogens with zero attached hydrogens (tertiary/aromatic N) is 2. The molecule has 0 saturated carbocycles. The van der Waals surface area contributed by atoms with Crippen LogP contribution in [0.15, 0.2) is 22.7 Å². The van der Waals surface area contributed by atoms with Crippen molar-refractivity contribution in [3.05, 3.63) is 54.2 Å². The minimum Gasteiger partial charge on any atom is -0.331 e. The Morgan fingerprint density at radius 1 is 1.15 bits per heavy atom. The third-order valence-corrected chi connectivity index (χ3v) is 5.55. The van der Waals surface area contributed by atoms with E-state index in [0.717, 1.165) is 14.9 Å². The summed E-state index contributed by atoms with van der Waals surface area (Å²) in [6, 6.07) is 5.43. The number of halogens is 5. The lowest BCUT2D eigenvalue weighted by molar-refractivity contribution is -0.116. The van der Waals surface area contributed by atoms with Gasteiger partial charge >= 0.3 is 0 Å². The smallest absolute Gasteiger partial charge is 0.274 e. The summed E-state index contributed by atoms with van der Waals surface area (Å²) in [6.45, 7) is 1.64. The van der Waals surface area contributed by atoms with E-state index in [9.17, 15) is 9.59 Å². The van der Waals surface area contributed by atoms with Crippen molar-refractivity contribution in [3.8, 4) is 0 Å². The van der Waals surface area contributed by atoms with Crippen LogP contribution in [0.1, 0.15) is 16.1 Å². The molecule has 2 amide bonds. The number of anilines is 1. The Morgan fingerprint density at radius 2 is 1.81 bits per heavy atom. The Balaban J connectivity index is 2.13. The number of carbonyl (C=O) groups excluding carboxylic acids is 2. The number of likely N-dealkylation sites (N-methyl/N-ethyl adjacent to an activating group) is 1. The maximum absolute atomic E-state index is 12.5. The van der Waals surface area contributed by atoms with Gasteiger partial charge in [-0.2, -0.15) is 0 Å². The molecular formula is C16H12BrCl4N3O2. The Kier molecular flexibility index (Phi) is 7.16. The van der Waals surface area contributed by atoms with Crippen molar-refractivity contribution >= 4 is 79.8 Å². The minimum atomic E-state index is -0.613. The fourth-order valence-corrected chi connectivity index (χ4v) is 3.34. The van der Waals surface area contributed by atoms with E-state index in [-0.39, 0.29) is 38.4 Å². The number of carbonyl (C=O) groups is 2. The fourth-order valence-electron chi connectivity index (χ4n) is 2.05. The van der Waals surface area contributed by atoms with Gasteiger partial charge in [0.2, 0.25) is 5.91 Å². The van der Waals surface area contributed by atoms with Crippen LogP contribution < -0.4 is 5.32 Å². The van der Waals surface area contributed by atoms with Gasteiger partial charge in [-0.05, 0) is 30.7 Å². The number of rotatable bonds is 4. The number of benzene rings is 1. The van der Waals surface area contributed by atoms with Gasteiger partial charge in [0.1, 0.15) is 10.8 Å². The molecule has 0 fully saturated rings. The van der Waals surface area contributed by atoms with Crippen LogP contribution in [-0.4, -0.2) is 35.3 Å². The predicted molar refractivity (Wildman–Crippen MR) is 109 cm³/mol. The molecule has 0 aliphatic rings. The van der Waals surface area contributed by atoms with Crippen molar-refractivity contribution < 1.29 is 9.59 Å². The van der Waals surface area contributed by atoms with E-state index in [1.165, 1.54) is 7.05 Å². The van der Waals surface area contributed by atoms with Crippen LogP contribution in [0.2, 0.25) is 20.2 Å². The van der Waals surface area contributed by atoms with Crippen LogP contribution in [-0.2, 0) is 4.79 Å². The van der Waals surface area contributed by atoms with E-state index in [4.69, 9.17) is 46.4 Å². The van der Waals surface area contributed by atoms with Crippen molar-refractivity contribution in [1.29, 1.82) is 0 Å². The largest absolute Gasteiger partial charge is 0.331 e. The topological polar surface area (TPSA) is 62.3 Å². The van der Waals surface area contributed by atoms with Crippen LogP contribution in [0.5, 0.6) is 0 Å². The van der Waals surface area contributed by atoms with Crippen LogP contribution in [0, 0.1) is 6.92 Å². The van der Waals surface area contributed by atoms with Gasteiger partial charge in [-0.1, -0.05) is 62.3 Å². The molecule has 0 saturated heterocycles. The SMILES string of the molecule is Cc1cc(Br)ccc1NC(=O)CN(C)C(=O)c1nc(Cl)c(Cl)c(Cl)c1Cl. The quantitative estimate of drug-likeness (QED) is 0.567. The molecule has 1 aromatic carbocycles. The maximum Gasteiger partial charge on any atom is 0.274 e. The lowest BCUT2D eigenvalue weighted by atomic mass is 10.2. The van der Waals surface area contributed by atoms with E-state index in [0.29, 0.717) is 5.69 Å². The van der Waals surface area contributed by atoms with Crippen molar-refractivity contribution in [2.45, 2.75) is 6.92 Å². The second-order valence-corrected chi connectivity index (χ2v) is 7.77. The van der Waals surface area contributed by atoms with Crippen molar-refractivity contribution in [3.63, 3.8) is 0 Å². The summed E-state index contributed by atoms with van der Waals surface area (Å²) in [7, 11) is 1.44. The molecule has 1 N–H and O–H groups in total. The lowest BCUT2D eigenvalue weighted by Gasteiger charge is -2.18. The zero-order chi connectivity index (χ0) is 19.6. The summed E-state index contributed by atoms with van der Waals surface area (Å²) >= 11 is 27.0. The molecule has 0 atom stereocenters. The fraction of sp³-hybridized carbons (Fsp3) is 0.188. The normalized spacial score (nSPS) is 10.6. The molecule has 1 aromatic heterocycles. The van der Waals surface area contributed by atoms with Crippen molar-refractivity contribution in [2.75, 3.05) is 18.9 Å². The summed E-state index contributed by atoms with van der Waals surface area (Å²) in [5.74, 6) is -0.994. The lowest BCUT2D eigenvalue weighted by Crippen LogP contribution is -2.35. The van der Waals surface area contributed by atoms with Gasteiger partial charge in [-0.3, -0.25) is 9.59 Å². The van der Waals surface area contributed by atoms with Gasteiger partial charge in [0.25, 0.3) is 5.91 Å². The molecule has 2 aromatic rings. The van der Waals surface area contributed by atoms with E-state index in [2.05, 4.69) is 26.2 Å². The summed E-state index contributed by atoms with van der Waals surface area (Å²) in [4.78, 5) is 29.7. The van der Waals surface area contributed by atoms with Gasteiger partial charge < -0.3 is 10.2 Å². The van der Waals surface area contributed by atoms with Gasteiger partial charge in [-0.25, -0.2) is 4.98 Å². The van der Waals surface area contributed by atoms with E-state index >= 15 is 0 Å². The average molecular weight is 500 g/mol. The molecule has 5 nitrogen and oxygen atoms in total. The molecule has 0 aliphatic heterocycles. The van der Waals surface area contributed by atoms with Crippen molar-refractivity contribution in [2.24, 2.45) is 0 Å². The summed E-state index contributed by atoms with van der Waals surface area (Å²) in [5, 5.41) is 2.36. The second kappa shape index (κ2) is 8.76. The molecule has 0 spiro atoms. The highest BCUT2D eigenvalue weighted by Gasteiger charge is 2.24. The Morgan fingerprint density at radius 3 is 2.42 bits per heavy atom. The first-order chi connectivity index (χ1) is 12.1. The maximum atomic E-state index is 12.5. The number of hydrogen-bond donors (Lipinski definition) is 1. The number of pyridine rings is 1. The van der Waals surface area contributed by atoms with Gasteiger partial charge in [0.15, 0.2) is 0 Å². The van der Waals surface area contributed by atoms with Gasteiger partial charge in [0.05, 0.1) is 21.6 Å². The van der Waals surface area contributed by atoms with Gasteiger partial charge in [0, 0.05) is 17.2 Å². The predicted octanol–water partition coefficient (Wildman–Crippen LogP) is 5.48. The van der Waals surface area contributed by atoms with Crippen LogP contribution >= 0.6 is 62.3 Å². The van der Waals surface area contributed by atoms with Crippen LogP contribution in [0.25, 0.3) is 0 Å². The first-order valence-electron chi connectivity index (χ1n) is 7.13. The monoisotopic (exact) mass is 497 g/mol. The van der Waals surface area contributed by atoms with Crippen LogP contribution in [0.3, 0.4) is 0 Å². The molecule has 0 aliphatic carbocycles. The first kappa shape index (κ1) is 21.3. The number of hydrogen-bond acceptors (Lipinski definition) is 3. The number of aromatic nitrogens is 1. The van der Waals surface area contributed by atoms with E-state index < -0.39 is 5.91 Å². The highest BCUT2D eigenvalue weighted by molar-refractivity contribution is 9.10. The molecule has 26 heavy (non-hydrogen) atoms. The first-order valence-corrected chi connectivity index (χ1v) is 9.43. The van der Waals surface area contributed by atoms with Crippen molar-refractivity contribution in [1.82, 2.24) is 9.88 Å². The molecule has 1 heterocycles. The highest BCUT2D eigenvalue weighted by Crippen LogP contribution is 2.36. The average Bonchev–Trinajstić information content (AvgIpc) is 2.58. The Bertz CT molecular complexity index is 892. The van der Waals surface area contributed by atoms with Crippen LogP contribution in [0.4, 0.5) is 5.69 Å². The standard InChI is InChI=1S/C16H12BrCl4N3O2/c1-7-5-8(17)3-4-9(7)22-10(25)6-24(2)16(26)14-12(19)11(18)13(20)15(21)23-14/h3-5H,6H2,1-2H3,(H,22,25). The molecule has 0 unspecified atom stereocenters. The van der Waals surface area contributed by atoms with E-state index in [1.54, 1.807) is 12.1 Å². The van der Waals surface area contributed by atoms with E-state index in [1.807, 2.05) is 13.0 Å². The molecule has 2 rings (SSSR count). The highest BCUT2D eigenvalue weighted by atomic mass is 79.9. The molecule has 138 valence electrons. The Labute approximate surface area is 178 Å².